The molecular formula is C20H18N6OS. The van der Waals surface area contributed by atoms with Gasteiger partial charge < -0.3 is 9.88 Å². The maximum absolute atomic E-state index is 12.2. The van der Waals surface area contributed by atoms with Crippen molar-refractivity contribution in [1.29, 1.82) is 0 Å². The van der Waals surface area contributed by atoms with Gasteiger partial charge in [0.2, 0.25) is 5.91 Å². The number of thioether (sulfide) groups is 1. The highest BCUT2D eigenvalue weighted by molar-refractivity contribution is 7.99. The number of rotatable bonds is 6. The second-order valence-electron chi connectivity index (χ2n) is 6.01. The van der Waals surface area contributed by atoms with E-state index < -0.39 is 0 Å². The first-order valence-electron chi connectivity index (χ1n) is 8.86. The van der Waals surface area contributed by atoms with Crippen LogP contribution in [0.15, 0.2) is 66.2 Å². The highest BCUT2D eigenvalue weighted by Crippen LogP contribution is 2.27. The molecule has 1 N–H and O–H groups in total. The summed E-state index contributed by atoms with van der Waals surface area (Å²) >= 11 is 1.35. The van der Waals surface area contributed by atoms with E-state index in [0.29, 0.717) is 17.5 Å². The van der Waals surface area contributed by atoms with Gasteiger partial charge in [-0.2, -0.15) is 0 Å². The zero-order valence-corrected chi connectivity index (χ0v) is 16.1. The van der Waals surface area contributed by atoms with Crippen molar-refractivity contribution in [3.8, 4) is 11.5 Å². The molecule has 1 amide bonds. The van der Waals surface area contributed by atoms with Crippen molar-refractivity contribution in [1.82, 2.24) is 24.7 Å². The molecule has 0 fully saturated rings. The van der Waals surface area contributed by atoms with Gasteiger partial charge >= 0.3 is 0 Å². The lowest BCUT2D eigenvalue weighted by Gasteiger charge is -2.09. The fraction of sp³-hybridized carbons (Fsp3) is 0.150. The van der Waals surface area contributed by atoms with Gasteiger partial charge in [0.15, 0.2) is 11.0 Å². The third kappa shape index (κ3) is 3.72. The minimum atomic E-state index is -0.0871. The van der Waals surface area contributed by atoms with Crippen LogP contribution in [0.1, 0.15) is 6.92 Å². The number of hydrogen-bond donors (Lipinski definition) is 1. The van der Waals surface area contributed by atoms with Crippen molar-refractivity contribution in [2.24, 2.45) is 0 Å². The van der Waals surface area contributed by atoms with E-state index in [4.69, 9.17) is 0 Å². The van der Waals surface area contributed by atoms with Gasteiger partial charge in [0.1, 0.15) is 5.69 Å². The molecule has 7 nitrogen and oxygen atoms in total. The molecule has 0 radical (unpaired) electrons. The second kappa shape index (κ2) is 8.18. The van der Waals surface area contributed by atoms with Crippen LogP contribution < -0.4 is 5.32 Å². The Bertz CT molecular complexity index is 1110. The Morgan fingerprint density at radius 3 is 2.75 bits per heavy atom. The van der Waals surface area contributed by atoms with E-state index in [9.17, 15) is 4.79 Å². The molecule has 28 heavy (non-hydrogen) atoms. The van der Waals surface area contributed by atoms with E-state index >= 15 is 0 Å². The van der Waals surface area contributed by atoms with E-state index in [1.54, 1.807) is 18.6 Å². The zero-order chi connectivity index (χ0) is 19.3. The number of nitrogens with one attached hydrogen (secondary N) is 1. The minimum absolute atomic E-state index is 0.0871. The Labute approximate surface area is 166 Å². The average molecular weight is 390 g/mol. The quantitative estimate of drug-likeness (QED) is 0.506. The molecule has 0 saturated carbocycles. The van der Waals surface area contributed by atoms with Crippen LogP contribution in [0.2, 0.25) is 0 Å². The number of aromatic nitrogens is 5. The number of fused-ring (bicyclic) bond motifs is 1. The summed E-state index contributed by atoms with van der Waals surface area (Å²) in [6, 6.07) is 13.3. The SMILES string of the molecule is CCn1c(SCC(=O)Nc2ccccc2)nnc1-c1nccc2ccncc12. The Balaban J connectivity index is 1.55. The molecular weight excluding hydrogens is 372 g/mol. The Kier molecular flexibility index (Phi) is 5.29. The number of benzene rings is 1. The van der Waals surface area contributed by atoms with Crippen LogP contribution in [-0.2, 0) is 11.3 Å². The number of nitrogens with zero attached hydrogens (tertiary/aromatic N) is 5. The number of anilines is 1. The van der Waals surface area contributed by atoms with Crippen LogP contribution in [0.3, 0.4) is 0 Å². The Morgan fingerprint density at radius 2 is 1.93 bits per heavy atom. The van der Waals surface area contributed by atoms with Gasteiger partial charge in [-0.25, -0.2) is 0 Å². The second-order valence-corrected chi connectivity index (χ2v) is 6.95. The van der Waals surface area contributed by atoms with E-state index in [2.05, 4.69) is 25.5 Å². The molecule has 140 valence electrons. The van der Waals surface area contributed by atoms with Gasteiger partial charge in [-0.05, 0) is 36.6 Å². The molecule has 0 aliphatic rings. The van der Waals surface area contributed by atoms with Crippen molar-refractivity contribution in [3.05, 3.63) is 61.1 Å². The highest BCUT2D eigenvalue weighted by Gasteiger charge is 2.17. The molecule has 4 rings (SSSR count). The van der Waals surface area contributed by atoms with Crippen LogP contribution >= 0.6 is 11.8 Å². The first-order valence-corrected chi connectivity index (χ1v) is 9.85. The predicted molar refractivity (Wildman–Crippen MR) is 110 cm³/mol. The van der Waals surface area contributed by atoms with Gasteiger partial charge in [0, 0.05) is 36.2 Å². The molecule has 8 heteroatoms. The summed E-state index contributed by atoms with van der Waals surface area (Å²) in [6.07, 6.45) is 5.29. The summed E-state index contributed by atoms with van der Waals surface area (Å²) in [5, 5.41) is 14.1. The van der Waals surface area contributed by atoms with Crippen LogP contribution in [0.25, 0.3) is 22.3 Å². The van der Waals surface area contributed by atoms with Gasteiger partial charge in [0.05, 0.1) is 5.75 Å². The van der Waals surface area contributed by atoms with Crippen molar-refractivity contribution in [2.45, 2.75) is 18.6 Å². The zero-order valence-electron chi connectivity index (χ0n) is 15.2. The van der Waals surface area contributed by atoms with Gasteiger partial charge in [-0.1, -0.05) is 30.0 Å². The van der Waals surface area contributed by atoms with E-state index in [-0.39, 0.29) is 11.7 Å². The van der Waals surface area contributed by atoms with Crippen LogP contribution in [0.4, 0.5) is 5.69 Å². The summed E-state index contributed by atoms with van der Waals surface area (Å²) in [7, 11) is 0. The lowest BCUT2D eigenvalue weighted by Crippen LogP contribution is -2.14. The molecule has 3 aromatic heterocycles. The number of hydrogen-bond acceptors (Lipinski definition) is 6. The monoisotopic (exact) mass is 390 g/mol. The largest absolute Gasteiger partial charge is 0.325 e. The molecule has 0 aliphatic heterocycles. The fourth-order valence-corrected chi connectivity index (χ4v) is 3.69. The molecule has 4 aromatic rings. The van der Waals surface area contributed by atoms with E-state index in [1.807, 2.05) is 54.0 Å². The fourth-order valence-electron chi connectivity index (χ4n) is 2.89. The standard InChI is InChI=1S/C20H18N6OS/c1-2-26-19(18-16-12-21-10-8-14(16)9-11-22-18)24-25-20(26)28-13-17(27)23-15-6-4-3-5-7-15/h3-12H,2,13H2,1H3,(H,23,27). The molecule has 3 heterocycles. The summed E-state index contributed by atoms with van der Waals surface area (Å²) in [6.45, 7) is 2.69. The summed E-state index contributed by atoms with van der Waals surface area (Å²) in [4.78, 5) is 20.9. The highest BCUT2D eigenvalue weighted by atomic mass is 32.2. The first kappa shape index (κ1) is 18.1. The minimum Gasteiger partial charge on any atom is -0.325 e. The lowest BCUT2D eigenvalue weighted by atomic mass is 10.1. The van der Waals surface area contributed by atoms with Crippen molar-refractivity contribution >= 4 is 34.1 Å². The molecule has 0 atom stereocenters. The van der Waals surface area contributed by atoms with Gasteiger partial charge in [-0.3, -0.25) is 14.8 Å². The van der Waals surface area contributed by atoms with Crippen LogP contribution in [0.5, 0.6) is 0 Å². The smallest absolute Gasteiger partial charge is 0.234 e. The summed E-state index contributed by atoms with van der Waals surface area (Å²) in [5.41, 5.74) is 1.51. The third-order valence-electron chi connectivity index (χ3n) is 4.20. The van der Waals surface area contributed by atoms with E-state index in [1.165, 1.54) is 11.8 Å². The normalized spacial score (nSPS) is 10.9. The maximum Gasteiger partial charge on any atom is 0.234 e. The van der Waals surface area contributed by atoms with Gasteiger partial charge in [0.25, 0.3) is 0 Å². The lowest BCUT2D eigenvalue weighted by molar-refractivity contribution is -0.113. The Hall–Kier alpha value is -3.26. The predicted octanol–water partition coefficient (Wildman–Crippen LogP) is 3.64. The third-order valence-corrected chi connectivity index (χ3v) is 5.17. The van der Waals surface area contributed by atoms with Crippen molar-refractivity contribution in [3.63, 3.8) is 0 Å². The van der Waals surface area contributed by atoms with Crippen molar-refractivity contribution < 1.29 is 4.79 Å². The molecule has 0 saturated heterocycles. The number of carbonyl (C=O) groups is 1. The maximum atomic E-state index is 12.2. The molecule has 0 bridgehead atoms. The molecule has 1 aromatic carbocycles. The van der Waals surface area contributed by atoms with Crippen LogP contribution in [-0.4, -0.2) is 36.4 Å². The molecule has 0 spiro atoms. The number of amides is 1. The number of para-hydroxylation sites is 1. The number of pyridine rings is 2. The molecule has 0 unspecified atom stereocenters. The van der Waals surface area contributed by atoms with Crippen molar-refractivity contribution in [2.75, 3.05) is 11.1 Å². The topological polar surface area (TPSA) is 85.6 Å². The number of carbonyl (C=O) groups excluding carboxylic acids is 1. The Morgan fingerprint density at radius 1 is 1.11 bits per heavy atom. The summed E-state index contributed by atoms with van der Waals surface area (Å²) < 4.78 is 1.97. The van der Waals surface area contributed by atoms with Crippen LogP contribution in [0, 0.1) is 0 Å². The van der Waals surface area contributed by atoms with Gasteiger partial charge in [-0.15, -0.1) is 10.2 Å². The summed E-state index contributed by atoms with van der Waals surface area (Å²) in [5.74, 6) is 0.834. The first-order chi connectivity index (χ1) is 13.8. The molecule has 0 aliphatic carbocycles. The van der Waals surface area contributed by atoms with E-state index in [0.717, 1.165) is 22.2 Å². The average Bonchev–Trinajstić information content (AvgIpc) is 3.15.